The number of aliphatic carboxylic acids is 1. The van der Waals surface area contributed by atoms with Crippen LogP contribution >= 0.6 is 0 Å². The Balaban J connectivity index is 3.89. The van der Waals surface area contributed by atoms with Crippen molar-refractivity contribution in [1.82, 2.24) is 9.03 Å². The molecule has 2 N–H and O–H groups in total. The van der Waals surface area contributed by atoms with E-state index in [9.17, 15) is 13.2 Å². The first-order valence-electron chi connectivity index (χ1n) is 4.83. The Morgan fingerprint density at radius 1 is 1.47 bits per heavy atom. The first-order chi connectivity index (χ1) is 6.90. The van der Waals surface area contributed by atoms with E-state index >= 15 is 0 Å². The average molecular weight is 238 g/mol. The van der Waals surface area contributed by atoms with Crippen LogP contribution in [0.3, 0.4) is 0 Å². The van der Waals surface area contributed by atoms with E-state index in [4.69, 9.17) is 5.11 Å². The van der Waals surface area contributed by atoms with E-state index in [2.05, 4.69) is 4.72 Å². The second-order valence-corrected chi connectivity index (χ2v) is 5.08. The van der Waals surface area contributed by atoms with Gasteiger partial charge in [-0.15, -0.1) is 0 Å². The smallest absolute Gasteiger partial charge is 0.303 e. The van der Waals surface area contributed by atoms with Gasteiger partial charge in [-0.2, -0.15) is 12.7 Å². The summed E-state index contributed by atoms with van der Waals surface area (Å²) >= 11 is 0. The Morgan fingerprint density at radius 2 is 2.07 bits per heavy atom. The zero-order chi connectivity index (χ0) is 11.9. The number of rotatable bonds is 8. The van der Waals surface area contributed by atoms with Crippen molar-refractivity contribution < 1.29 is 18.3 Å². The number of hydrogen-bond donors (Lipinski definition) is 2. The summed E-state index contributed by atoms with van der Waals surface area (Å²) in [4.78, 5) is 10.2. The summed E-state index contributed by atoms with van der Waals surface area (Å²) in [7, 11) is -1.94. The number of nitrogens with zero attached hydrogens (tertiary/aromatic N) is 1. The van der Waals surface area contributed by atoms with Crippen molar-refractivity contribution in [3.05, 3.63) is 0 Å². The minimum atomic E-state index is -3.43. The summed E-state index contributed by atoms with van der Waals surface area (Å²) in [6, 6.07) is 0. The summed E-state index contributed by atoms with van der Waals surface area (Å²) in [5.74, 6) is -0.920. The van der Waals surface area contributed by atoms with Gasteiger partial charge in [0.15, 0.2) is 0 Å². The fourth-order valence-corrected chi connectivity index (χ4v) is 2.03. The highest BCUT2D eigenvalue weighted by Gasteiger charge is 2.15. The van der Waals surface area contributed by atoms with E-state index in [1.165, 1.54) is 11.4 Å². The highest BCUT2D eigenvalue weighted by atomic mass is 32.2. The van der Waals surface area contributed by atoms with Gasteiger partial charge < -0.3 is 5.11 Å². The molecule has 0 spiro atoms. The van der Waals surface area contributed by atoms with Gasteiger partial charge in [0, 0.05) is 26.6 Å². The van der Waals surface area contributed by atoms with Crippen LogP contribution in [0.4, 0.5) is 0 Å². The molecule has 0 unspecified atom stereocenters. The van der Waals surface area contributed by atoms with Crippen LogP contribution in [0.5, 0.6) is 0 Å². The van der Waals surface area contributed by atoms with Crippen LogP contribution in [0.25, 0.3) is 0 Å². The predicted molar refractivity (Wildman–Crippen MR) is 56.7 cm³/mol. The Hall–Kier alpha value is -0.660. The second kappa shape index (κ2) is 6.76. The standard InChI is InChI=1S/C8H18N2O4S/c1-3-7-10(2)15(13,14)9-6-4-5-8(11)12/h9H,3-7H2,1-2H3,(H,11,12). The van der Waals surface area contributed by atoms with E-state index in [1.807, 2.05) is 6.92 Å². The van der Waals surface area contributed by atoms with E-state index in [0.29, 0.717) is 13.0 Å². The minimum Gasteiger partial charge on any atom is -0.481 e. The largest absolute Gasteiger partial charge is 0.481 e. The van der Waals surface area contributed by atoms with Gasteiger partial charge in [-0.25, -0.2) is 4.72 Å². The van der Waals surface area contributed by atoms with Gasteiger partial charge in [-0.3, -0.25) is 4.79 Å². The van der Waals surface area contributed by atoms with Crippen LogP contribution in [0.1, 0.15) is 26.2 Å². The molecular weight excluding hydrogens is 220 g/mol. The quantitative estimate of drug-likeness (QED) is 0.584. The first-order valence-corrected chi connectivity index (χ1v) is 6.27. The third kappa shape index (κ3) is 6.43. The number of nitrogens with one attached hydrogen (secondary N) is 1. The third-order valence-corrected chi connectivity index (χ3v) is 3.37. The molecule has 90 valence electrons. The van der Waals surface area contributed by atoms with Gasteiger partial charge in [-0.1, -0.05) is 6.92 Å². The fraction of sp³-hybridized carbons (Fsp3) is 0.875. The maximum atomic E-state index is 11.4. The summed E-state index contributed by atoms with van der Waals surface area (Å²) in [5.41, 5.74) is 0. The molecule has 0 aromatic heterocycles. The maximum Gasteiger partial charge on any atom is 0.303 e. The zero-order valence-corrected chi connectivity index (χ0v) is 9.88. The van der Waals surface area contributed by atoms with Crippen LogP contribution in [0.2, 0.25) is 0 Å². The molecule has 0 amide bonds. The molecule has 0 radical (unpaired) electrons. The molecule has 0 heterocycles. The van der Waals surface area contributed by atoms with E-state index < -0.39 is 16.2 Å². The molecule has 6 nitrogen and oxygen atoms in total. The van der Waals surface area contributed by atoms with Crippen molar-refractivity contribution in [2.24, 2.45) is 0 Å². The van der Waals surface area contributed by atoms with E-state index in [-0.39, 0.29) is 13.0 Å². The number of carboxylic acids is 1. The summed E-state index contributed by atoms with van der Waals surface area (Å²) in [6.07, 6.45) is 1.01. The Bertz CT molecular complexity index is 289. The molecule has 0 bridgehead atoms. The maximum absolute atomic E-state index is 11.4. The first kappa shape index (κ1) is 14.3. The Kier molecular flexibility index (Phi) is 6.46. The molecule has 0 fully saturated rings. The van der Waals surface area contributed by atoms with Crippen LogP contribution in [-0.4, -0.2) is 43.9 Å². The topological polar surface area (TPSA) is 86.7 Å². The van der Waals surface area contributed by atoms with E-state index in [0.717, 1.165) is 6.42 Å². The lowest BCUT2D eigenvalue weighted by Crippen LogP contribution is -2.39. The molecule has 0 aromatic carbocycles. The third-order valence-electron chi connectivity index (χ3n) is 1.80. The molecule has 0 aliphatic rings. The van der Waals surface area contributed by atoms with Crippen molar-refractivity contribution in [1.29, 1.82) is 0 Å². The Morgan fingerprint density at radius 3 is 2.53 bits per heavy atom. The van der Waals surface area contributed by atoms with Crippen molar-refractivity contribution in [3.63, 3.8) is 0 Å². The van der Waals surface area contributed by atoms with Crippen LogP contribution < -0.4 is 4.72 Å². The highest BCUT2D eigenvalue weighted by Crippen LogP contribution is 1.96. The van der Waals surface area contributed by atoms with Crippen molar-refractivity contribution in [2.75, 3.05) is 20.1 Å². The zero-order valence-electron chi connectivity index (χ0n) is 9.06. The predicted octanol–water partition coefficient (Wildman–Crippen LogP) is 0.0274. The number of carboxylic acid groups (broad SMARTS) is 1. The Labute approximate surface area is 90.5 Å². The molecule has 0 aliphatic heterocycles. The van der Waals surface area contributed by atoms with Gasteiger partial charge in [-0.05, 0) is 12.8 Å². The average Bonchev–Trinajstić information content (AvgIpc) is 2.12. The number of carbonyl (C=O) groups is 1. The van der Waals surface area contributed by atoms with Gasteiger partial charge in [0.25, 0.3) is 10.2 Å². The second-order valence-electron chi connectivity index (χ2n) is 3.22. The lowest BCUT2D eigenvalue weighted by Gasteiger charge is -2.16. The molecule has 0 aromatic rings. The SMILES string of the molecule is CCCN(C)S(=O)(=O)NCCCC(=O)O. The minimum absolute atomic E-state index is 0.0278. The molecule has 0 rings (SSSR count). The molecule has 7 heteroatoms. The monoisotopic (exact) mass is 238 g/mol. The lowest BCUT2D eigenvalue weighted by atomic mass is 10.3. The van der Waals surface area contributed by atoms with Crippen LogP contribution in [-0.2, 0) is 15.0 Å². The lowest BCUT2D eigenvalue weighted by molar-refractivity contribution is -0.137. The molecular formula is C8H18N2O4S. The normalized spacial score (nSPS) is 11.9. The number of hydrogen-bond acceptors (Lipinski definition) is 3. The van der Waals surface area contributed by atoms with Crippen molar-refractivity contribution >= 4 is 16.2 Å². The molecule has 15 heavy (non-hydrogen) atoms. The van der Waals surface area contributed by atoms with Gasteiger partial charge in [0.05, 0.1) is 0 Å². The molecule has 0 saturated heterocycles. The fourth-order valence-electron chi connectivity index (χ4n) is 0.986. The molecule has 0 saturated carbocycles. The van der Waals surface area contributed by atoms with E-state index in [1.54, 1.807) is 0 Å². The van der Waals surface area contributed by atoms with Crippen LogP contribution in [0, 0.1) is 0 Å². The highest BCUT2D eigenvalue weighted by molar-refractivity contribution is 7.87. The van der Waals surface area contributed by atoms with Gasteiger partial charge >= 0.3 is 5.97 Å². The summed E-state index contributed by atoms with van der Waals surface area (Å²) in [5, 5.41) is 8.35. The summed E-state index contributed by atoms with van der Waals surface area (Å²) in [6.45, 7) is 2.49. The van der Waals surface area contributed by atoms with Crippen molar-refractivity contribution in [3.8, 4) is 0 Å². The molecule has 0 aliphatic carbocycles. The van der Waals surface area contributed by atoms with Gasteiger partial charge in [0.1, 0.15) is 0 Å². The summed E-state index contributed by atoms with van der Waals surface area (Å²) < 4.78 is 26.4. The molecule has 0 atom stereocenters. The van der Waals surface area contributed by atoms with Gasteiger partial charge in [0.2, 0.25) is 0 Å². The van der Waals surface area contributed by atoms with Crippen molar-refractivity contribution in [2.45, 2.75) is 26.2 Å². The van der Waals surface area contributed by atoms with Crippen LogP contribution in [0.15, 0.2) is 0 Å².